The number of aromatic carboxylic acids is 1. The van der Waals surface area contributed by atoms with Crippen LogP contribution < -0.4 is 5.73 Å². The number of primary amides is 1. The highest BCUT2D eigenvalue weighted by molar-refractivity contribution is 5.93. The van der Waals surface area contributed by atoms with Crippen LogP contribution in [0.2, 0.25) is 0 Å². The molecule has 1 aliphatic heterocycles. The second-order valence-corrected chi connectivity index (χ2v) is 4.14. The van der Waals surface area contributed by atoms with Gasteiger partial charge in [-0.1, -0.05) is 18.2 Å². The molecule has 0 bridgehead atoms. The first-order valence-corrected chi connectivity index (χ1v) is 5.80. The van der Waals surface area contributed by atoms with Gasteiger partial charge in [-0.15, -0.1) is 0 Å². The molecule has 20 heavy (non-hydrogen) atoms. The number of amides is 1. The summed E-state index contributed by atoms with van der Waals surface area (Å²) in [7, 11) is 1.90. The van der Waals surface area contributed by atoms with E-state index < -0.39 is 5.97 Å². The van der Waals surface area contributed by atoms with Gasteiger partial charge in [-0.2, -0.15) is 0 Å². The number of phenols is 1. The fourth-order valence-corrected chi connectivity index (χ4v) is 1.49. The molecule has 6 nitrogen and oxygen atoms in total. The minimum Gasteiger partial charge on any atom is -0.507 e. The van der Waals surface area contributed by atoms with Gasteiger partial charge in [0.1, 0.15) is 11.3 Å². The number of allylic oxidation sites excluding steroid dienone is 2. The van der Waals surface area contributed by atoms with E-state index in [1.165, 1.54) is 12.1 Å². The van der Waals surface area contributed by atoms with E-state index in [0.717, 1.165) is 0 Å². The quantitative estimate of drug-likeness (QED) is 0.746. The van der Waals surface area contributed by atoms with Crippen molar-refractivity contribution in [2.45, 2.75) is 0 Å². The third-order valence-corrected chi connectivity index (χ3v) is 2.51. The Bertz CT molecular complexity index is 564. The van der Waals surface area contributed by atoms with Gasteiger partial charge in [0.25, 0.3) is 0 Å². The molecule has 2 rings (SSSR count). The summed E-state index contributed by atoms with van der Waals surface area (Å²) in [5, 5.41) is 17.3. The molecule has 1 amide bonds. The van der Waals surface area contributed by atoms with E-state index in [2.05, 4.69) is 0 Å². The van der Waals surface area contributed by atoms with Crippen LogP contribution >= 0.6 is 0 Å². The van der Waals surface area contributed by atoms with Crippen molar-refractivity contribution in [2.24, 2.45) is 5.73 Å². The molecule has 0 saturated heterocycles. The number of nitrogens with zero attached hydrogens (tertiary/aromatic N) is 1. The normalized spacial score (nSPS) is 13.1. The third kappa shape index (κ3) is 4.49. The lowest BCUT2D eigenvalue weighted by molar-refractivity contribution is -0.114. The van der Waals surface area contributed by atoms with E-state index in [0.29, 0.717) is 12.1 Å². The highest BCUT2D eigenvalue weighted by atomic mass is 16.4. The fraction of sp³-hybridized carbons (Fsp3) is 0.143. The topological polar surface area (TPSA) is 104 Å². The maximum atomic E-state index is 10.6. The van der Waals surface area contributed by atoms with Crippen LogP contribution in [0.1, 0.15) is 10.4 Å². The maximum Gasteiger partial charge on any atom is 0.339 e. The van der Waals surface area contributed by atoms with Gasteiger partial charge in [0, 0.05) is 19.2 Å². The van der Waals surface area contributed by atoms with Crippen LogP contribution in [0.4, 0.5) is 0 Å². The molecule has 1 heterocycles. The second kappa shape index (κ2) is 6.98. The Morgan fingerprint density at radius 3 is 2.35 bits per heavy atom. The summed E-state index contributed by atoms with van der Waals surface area (Å²) in [6, 6.07) is 5.81. The van der Waals surface area contributed by atoms with Gasteiger partial charge in [-0.25, -0.2) is 4.79 Å². The van der Waals surface area contributed by atoms with Crippen LogP contribution in [0, 0.1) is 0 Å². The zero-order valence-corrected chi connectivity index (χ0v) is 11.0. The SMILES string of the molecule is CN1C=CC=C(C(N)=O)C1.O=C(O)c1ccccc1O. The number of rotatable bonds is 2. The van der Waals surface area contributed by atoms with Crippen LogP contribution in [0.5, 0.6) is 5.75 Å². The molecule has 1 aromatic carbocycles. The Hall–Kier alpha value is -2.76. The van der Waals surface area contributed by atoms with Gasteiger partial charge in [0.15, 0.2) is 0 Å². The molecule has 1 aliphatic rings. The Morgan fingerprint density at radius 1 is 1.30 bits per heavy atom. The summed E-state index contributed by atoms with van der Waals surface area (Å²) < 4.78 is 0. The van der Waals surface area contributed by atoms with Gasteiger partial charge in [0.2, 0.25) is 5.91 Å². The summed E-state index contributed by atoms with van der Waals surface area (Å²) in [4.78, 5) is 22.8. The fourth-order valence-electron chi connectivity index (χ4n) is 1.49. The highest BCUT2D eigenvalue weighted by Crippen LogP contribution is 2.14. The Balaban J connectivity index is 0.000000200. The van der Waals surface area contributed by atoms with Crippen molar-refractivity contribution in [1.82, 2.24) is 4.90 Å². The Morgan fingerprint density at radius 2 is 1.95 bits per heavy atom. The highest BCUT2D eigenvalue weighted by Gasteiger charge is 2.07. The lowest BCUT2D eigenvalue weighted by Gasteiger charge is -2.17. The molecule has 0 aromatic heterocycles. The largest absolute Gasteiger partial charge is 0.507 e. The molecule has 0 saturated carbocycles. The number of para-hydroxylation sites is 1. The van der Waals surface area contributed by atoms with Crippen LogP contribution in [0.3, 0.4) is 0 Å². The van der Waals surface area contributed by atoms with E-state index in [4.69, 9.17) is 15.9 Å². The van der Waals surface area contributed by atoms with Gasteiger partial charge in [0.05, 0.1) is 0 Å². The summed E-state index contributed by atoms with van der Waals surface area (Å²) in [6.45, 7) is 0.617. The number of nitrogens with two attached hydrogens (primary N) is 1. The molecular weight excluding hydrogens is 260 g/mol. The standard InChI is InChI=1S/C7H10N2O.C7H6O3/c1-9-4-2-3-6(5-9)7(8)10;8-6-4-2-1-3-5(6)7(9)10/h2-4H,5H2,1H3,(H2,8,10);1-4,8H,(H,9,10). The maximum absolute atomic E-state index is 10.6. The van der Waals surface area contributed by atoms with E-state index >= 15 is 0 Å². The lowest BCUT2D eigenvalue weighted by atomic mass is 10.2. The van der Waals surface area contributed by atoms with Crippen LogP contribution in [0.15, 0.2) is 48.2 Å². The minimum absolute atomic E-state index is 0.0671. The van der Waals surface area contributed by atoms with E-state index in [1.54, 1.807) is 18.2 Å². The first-order valence-electron chi connectivity index (χ1n) is 5.80. The monoisotopic (exact) mass is 276 g/mol. The summed E-state index contributed by atoms with van der Waals surface area (Å²) in [6.07, 6.45) is 5.44. The number of carboxylic acids is 1. The molecule has 0 unspecified atom stereocenters. The van der Waals surface area contributed by atoms with Crippen LogP contribution in [-0.4, -0.2) is 40.6 Å². The molecule has 106 valence electrons. The first-order chi connectivity index (χ1) is 9.41. The zero-order chi connectivity index (χ0) is 15.1. The average Bonchev–Trinajstić information content (AvgIpc) is 2.39. The Labute approximate surface area is 116 Å². The van der Waals surface area contributed by atoms with Crippen molar-refractivity contribution in [3.8, 4) is 5.75 Å². The molecule has 0 fully saturated rings. The predicted molar refractivity (Wildman–Crippen MR) is 74.1 cm³/mol. The molecule has 1 aromatic rings. The number of aromatic hydroxyl groups is 1. The van der Waals surface area contributed by atoms with Gasteiger partial charge in [-0.3, -0.25) is 4.79 Å². The number of hydrogen-bond donors (Lipinski definition) is 3. The van der Waals surface area contributed by atoms with Gasteiger partial charge >= 0.3 is 5.97 Å². The van der Waals surface area contributed by atoms with E-state index in [1.807, 2.05) is 24.2 Å². The smallest absolute Gasteiger partial charge is 0.339 e. The number of carbonyl (C=O) groups excluding carboxylic acids is 1. The van der Waals surface area contributed by atoms with Gasteiger partial charge < -0.3 is 20.8 Å². The van der Waals surface area contributed by atoms with E-state index in [-0.39, 0.29) is 17.2 Å². The number of benzene rings is 1. The molecule has 0 spiro atoms. The Kier molecular flexibility index (Phi) is 5.34. The summed E-state index contributed by atoms with van der Waals surface area (Å²) >= 11 is 0. The molecule has 0 radical (unpaired) electrons. The summed E-state index contributed by atoms with van der Waals surface area (Å²) in [5.74, 6) is -1.65. The predicted octanol–water partition coefficient (Wildman–Crippen LogP) is 0.948. The van der Waals surface area contributed by atoms with Crippen molar-refractivity contribution in [1.29, 1.82) is 0 Å². The third-order valence-electron chi connectivity index (χ3n) is 2.51. The molecular formula is C14H16N2O4. The molecule has 0 aliphatic carbocycles. The zero-order valence-electron chi connectivity index (χ0n) is 11.0. The lowest BCUT2D eigenvalue weighted by Crippen LogP contribution is -2.25. The number of carbonyl (C=O) groups is 2. The number of carboxylic acid groups (broad SMARTS) is 1. The molecule has 0 atom stereocenters. The van der Waals surface area contributed by atoms with Crippen LogP contribution in [-0.2, 0) is 4.79 Å². The first kappa shape index (κ1) is 15.3. The van der Waals surface area contributed by atoms with Crippen molar-refractivity contribution in [3.05, 3.63) is 53.8 Å². The van der Waals surface area contributed by atoms with Crippen molar-refractivity contribution < 1.29 is 19.8 Å². The summed E-state index contributed by atoms with van der Waals surface area (Å²) in [5.41, 5.74) is 5.65. The van der Waals surface area contributed by atoms with Crippen molar-refractivity contribution in [3.63, 3.8) is 0 Å². The second-order valence-electron chi connectivity index (χ2n) is 4.14. The van der Waals surface area contributed by atoms with Crippen molar-refractivity contribution >= 4 is 11.9 Å². The van der Waals surface area contributed by atoms with Crippen LogP contribution in [0.25, 0.3) is 0 Å². The van der Waals surface area contributed by atoms with E-state index in [9.17, 15) is 9.59 Å². The number of likely N-dealkylation sites (N-methyl/N-ethyl adjacent to an activating group) is 1. The number of hydrogen-bond acceptors (Lipinski definition) is 4. The average molecular weight is 276 g/mol. The molecule has 6 heteroatoms. The minimum atomic E-state index is -1.11. The van der Waals surface area contributed by atoms with Crippen molar-refractivity contribution in [2.75, 3.05) is 13.6 Å². The molecule has 4 N–H and O–H groups in total. The van der Waals surface area contributed by atoms with Gasteiger partial charge in [-0.05, 0) is 24.4 Å².